The lowest BCUT2D eigenvalue weighted by Gasteiger charge is -2.04. The first kappa shape index (κ1) is 14.8. The highest BCUT2D eigenvalue weighted by Gasteiger charge is 2.05. The number of hydrazone groups is 1. The highest BCUT2D eigenvalue weighted by Crippen LogP contribution is 2.19. The average molecular weight is 307 g/mol. The van der Waals surface area contributed by atoms with Crippen LogP contribution < -0.4 is 10.2 Å². The molecule has 0 aliphatic heterocycles. The van der Waals surface area contributed by atoms with E-state index in [-0.39, 0.29) is 12.5 Å². The first-order chi connectivity index (χ1) is 11.2. The maximum Gasteiger partial charge on any atom is 0.277 e. The van der Waals surface area contributed by atoms with Gasteiger partial charge in [0.1, 0.15) is 5.75 Å². The number of aromatic nitrogens is 1. The molecule has 1 aromatic heterocycles. The fourth-order valence-corrected chi connectivity index (χ4v) is 2.33. The van der Waals surface area contributed by atoms with Gasteiger partial charge in [0.15, 0.2) is 6.61 Å². The second-order valence-corrected chi connectivity index (χ2v) is 5.10. The minimum Gasteiger partial charge on any atom is -0.484 e. The molecule has 0 fully saturated rings. The van der Waals surface area contributed by atoms with Gasteiger partial charge in [-0.25, -0.2) is 5.43 Å². The number of para-hydroxylation sites is 2. The molecular formula is C18H17N3O2. The zero-order valence-electron chi connectivity index (χ0n) is 12.7. The molecule has 0 saturated carbocycles. The summed E-state index contributed by atoms with van der Waals surface area (Å²) < 4.78 is 5.36. The van der Waals surface area contributed by atoms with Gasteiger partial charge in [0, 0.05) is 22.2 Å². The van der Waals surface area contributed by atoms with E-state index >= 15 is 0 Å². The standard InChI is InChI=1S/C18H17N3O2/c1-13-16(15-9-5-6-10-17(15)20-13)11-19-21-18(22)12-23-14-7-3-2-4-8-14/h2-11,20H,12H2,1H3,(H,21,22). The number of aromatic amines is 1. The van der Waals surface area contributed by atoms with Gasteiger partial charge in [0.2, 0.25) is 0 Å². The molecule has 0 radical (unpaired) electrons. The van der Waals surface area contributed by atoms with Crippen LogP contribution in [0, 0.1) is 6.92 Å². The molecule has 1 heterocycles. The highest BCUT2D eigenvalue weighted by molar-refractivity contribution is 6.00. The quantitative estimate of drug-likeness (QED) is 0.562. The average Bonchev–Trinajstić information content (AvgIpc) is 2.90. The predicted molar refractivity (Wildman–Crippen MR) is 90.7 cm³/mol. The maximum atomic E-state index is 11.7. The molecule has 0 aliphatic rings. The summed E-state index contributed by atoms with van der Waals surface area (Å²) in [5.41, 5.74) is 5.49. The Labute approximate surface area is 134 Å². The number of benzene rings is 2. The number of fused-ring (bicyclic) bond motifs is 1. The smallest absolute Gasteiger partial charge is 0.277 e. The van der Waals surface area contributed by atoms with Crippen molar-refractivity contribution in [1.82, 2.24) is 10.4 Å². The molecule has 2 N–H and O–H groups in total. The number of rotatable bonds is 5. The lowest BCUT2D eigenvalue weighted by Crippen LogP contribution is -2.24. The van der Waals surface area contributed by atoms with Crippen LogP contribution in [0.1, 0.15) is 11.3 Å². The van der Waals surface area contributed by atoms with Gasteiger partial charge < -0.3 is 9.72 Å². The molecule has 3 rings (SSSR count). The summed E-state index contributed by atoms with van der Waals surface area (Å²) in [6.45, 7) is 1.90. The van der Waals surface area contributed by atoms with Gasteiger partial charge >= 0.3 is 0 Å². The van der Waals surface area contributed by atoms with Gasteiger partial charge in [0.25, 0.3) is 5.91 Å². The van der Waals surface area contributed by atoms with Gasteiger partial charge in [-0.1, -0.05) is 36.4 Å². The van der Waals surface area contributed by atoms with Crippen LogP contribution in [0.3, 0.4) is 0 Å². The van der Waals surface area contributed by atoms with Crippen molar-refractivity contribution in [3.8, 4) is 5.75 Å². The first-order valence-corrected chi connectivity index (χ1v) is 7.31. The Bertz CT molecular complexity index is 838. The van der Waals surface area contributed by atoms with Crippen LogP contribution in [-0.2, 0) is 4.79 Å². The second-order valence-electron chi connectivity index (χ2n) is 5.10. The molecule has 2 aromatic carbocycles. The Kier molecular flexibility index (Phi) is 4.38. The maximum absolute atomic E-state index is 11.7. The monoisotopic (exact) mass is 307 g/mol. The third kappa shape index (κ3) is 3.58. The summed E-state index contributed by atoms with van der Waals surface area (Å²) in [5.74, 6) is 0.349. The van der Waals surface area contributed by atoms with Crippen LogP contribution in [-0.4, -0.2) is 23.7 Å². The van der Waals surface area contributed by atoms with Crippen LogP contribution in [0.5, 0.6) is 5.75 Å². The second kappa shape index (κ2) is 6.79. The molecule has 0 unspecified atom stereocenters. The topological polar surface area (TPSA) is 66.5 Å². The van der Waals surface area contributed by atoms with E-state index < -0.39 is 0 Å². The minimum absolute atomic E-state index is 0.0752. The van der Waals surface area contributed by atoms with Gasteiger partial charge in [-0.2, -0.15) is 5.10 Å². The number of ether oxygens (including phenoxy) is 1. The molecule has 116 valence electrons. The number of carbonyl (C=O) groups excluding carboxylic acids is 1. The fourth-order valence-electron chi connectivity index (χ4n) is 2.33. The summed E-state index contributed by atoms with van der Waals surface area (Å²) in [6, 6.07) is 17.2. The fraction of sp³-hybridized carbons (Fsp3) is 0.111. The summed E-state index contributed by atoms with van der Waals surface area (Å²) in [4.78, 5) is 15.0. The molecule has 0 spiro atoms. The Morgan fingerprint density at radius 3 is 2.74 bits per heavy atom. The number of carbonyl (C=O) groups is 1. The molecule has 5 heteroatoms. The summed E-state index contributed by atoms with van der Waals surface area (Å²) in [5, 5.41) is 5.09. The third-order valence-corrected chi connectivity index (χ3v) is 3.44. The molecule has 3 aromatic rings. The Morgan fingerprint density at radius 2 is 1.91 bits per heavy atom. The van der Waals surface area contributed by atoms with Crippen molar-refractivity contribution in [2.75, 3.05) is 6.61 Å². The van der Waals surface area contributed by atoms with Crippen molar-refractivity contribution in [2.24, 2.45) is 5.10 Å². The molecule has 0 saturated heterocycles. The van der Waals surface area contributed by atoms with E-state index in [1.165, 1.54) is 0 Å². The normalized spacial score (nSPS) is 11.0. The Hall–Kier alpha value is -3.08. The SMILES string of the molecule is Cc1[nH]c2ccccc2c1C=NNC(=O)COc1ccccc1. The van der Waals surface area contributed by atoms with Crippen LogP contribution in [0.2, 0.25) is 0 Å². The highest BCUT2D eigenvalue weighted by atomic mass is 16.5. The first-order valence-electron chi connectivity index (χ1n) is 7.31. The lowest BCUT2D eigenvalue weighted by atomic mass is 10.1. The van der Waals surface area contributed by atoms with Crippen molar-refractivity contribution >= 4 is 23.0 Å². The molecule has 0 atom stereocenters. The minimum atomic E-state index is -0.303. The number of H-pyrrole nitrogens is 1. The molecule has 0 aliphatic carbocycles. The number of hydrogen-bond acceptors (Lipinski definition) is 3. The van der Waals surface area contributed by atoms with Crippen LogP contribution in [0.4, 0.5) is 0 Å². The van der Waals surface area contributed by atoms with E-state index in [0.717, 1.165) is 22.2 Å². The van der Waals surface area contributed by atoms with E-state index in [9.17, 15) is 4.79 Å². The van der Waals surface area contributed by atoms with Crippen molar-refractivity contribution in [2.45, 2.75) is 6.92 Å². The largest absolute Gasteiger partial charge is 0.484 e. The number of nitrogens with zero attached hydrogens (tertiary/aromatic N) is 1. The number of hydrogen-bond donors (Lipinski definition) is 2. The predicted octanol–water partition coefficient (Wildman–Crippen LogP) is 3.01. The van der Waals surface area contributed by atoms with Crippen LogP contribution in [0.25, 0.3) is 10.9 Å². The van der Waals surface area contributed by atoms with Crippen molar-refractivity contribution in [3.05, 3.63) is 65.9 Å². The summed E-state index contributed by atoms with van der Waals surface area (Å²) in [6.07, 6.45) is 1.65. The molecular weight excluding hydrogens is 290 g/mol. The summed E-state index contributed by atoms with van der Waals surface area (Å²) >= 11 is 0. The number of aryl methyl sites for hydroxylation is 1. The summed E-state index contributed by atoms with van der Waals surface area (Å²) in [7, 11) is 0. The molecule has 1 amide bonds. The van der Waals surface area contributed by atoms with Crippen LogP contribution in [0.15, 0.2) is 59.7 Å². The van der Waals surface area contributed by atoms with Crippen LogP contribution >= 0.6 is 0 Å². The third-order valence-electron chi connectivity index (χ3n) is 3.44. The Morgan fingerprint density at radius 1 is 1.17 bits per heavy atom. The van der Waals surface area contributed by atoms with Gasteiger partial charge in [0.05, 0.1) is 6.21 Å². The van der Waals surface area contributed by atoms with Crippen molar-refractivity contribution in [3.63, 3.8) is 0 Å². The zero-order chi connectivity index (χ0) is 16.1. The van der Waals surface area contributed by atoms with Gasteiger partial charge in [-0.3, -0.25) is 4.79 Å². The molecule has 5 nitrogen and oxygen atoms in total. The van der Waals surface area contributed by atoms with Gasteiger partial charge in [-0.05, 0) is 25.1 Å². The van der Waals surface area contributed by atoms with Crippen molar-refractivity contribution < 1.29 is 9.53 Å². The van der Waals surface area contributed by atoms with E-state index in [1.807, 2.05) is 49.4 Å². The Balaban J connectivity index is 1.60. The zero-order valence-corrected chi connectivity index (χ0v) is 12.7. The van der Waals surface area contributed by atoms with E-state index in [4.69, 9.17) is 4.74 Å². The van der Waals surface area contributed by atoms with E-state index in [1.54, 1.807) is 18.3 Å². The lowest BCUT2D eigenvalue weighted by molar-refractivity contribution is -0.123. The van der Waals surface area contributed by atoms with E-state index in [2.05, 4.69) is 15.5 Å². The van der Waals surface area contributed by atoms with Crippen molar-refractivity contribution in [1.29, 1.82) is 0 Å². The van der Waals surface area contributed by atoms with E-state index in [0.29, 0.717) is 5.75 Å². The molecule has 0 bridgehead atoms. The molecule has 23 heavy (non-hydrogen) atoms. The number of nitrogens with one attached hydrogen (secondary N) is 2. The number of amides is 1. The van der Waals surface area contributed by atoms with Gasteiger partial charge in [-0.15, -0.1) is 0 Å².